The minimum Gasteiger partial charge on any atom is -0.494 e. The molecule has 174 valence electrons. The predicted octanol–water partition coefficient (Wildman–Crippen LogP) is 5.57. The van der Waals surface area contributed by atoms with Crippen LogP contribution >= 0.6 is 0 Å². The van der Waals surface area contributed by atoms with Crippen molar-refractivity contribution in [3.8, 4) is 17.0 Å². The van der Waals surface area contributed by atoms with Crippen LogP contribution in [0.2, 0.25) is 0 Å². The number of ether oxygens (including phenoxy) is 1. The van der Waals surface area contributed by atoms with Crippen LogP contribution in [-0.2, 0) is 0 Å². The van der Waals surface area contributed by atoms with Crippen LogP contribution in [0.15, 0.2) is 42.5 Å². The molecule has 0 unspecified atom stereocenters. The molecule has 1 saturated carbocycles. The number of nitrogens with one attached hydrogen (secondary N) is 2. The lowest BCUT2D eigenvalue weighted by Gasteiger charge is -2.30. The third-order valence-corrected chi connectivity index (χ3v) is 7.26. The minimum absolute atomic E-state index is 0.472. The average molecular weight is 446 g/mol. The van der Waals surface area contributed by atoms with Crippen LogP contribution in [-0.4, -0.2) is 41.9 Å². The number of hydrogen-bond acceptors (Lipinski definition) is 5. The van der Waals surface area contributed by atoms with E-state index >= 15 is 0 Å². The summed E-state index contributed by atoms with van der Waals surface area (Å²) in [5.41, 5.74) is 7.96. The number of nitrogens with zero attached hydrogens (tertiary/aromatic N) is 2. The predicted molar refractivity (Wildman–Crippen MR) is 136 cm³/mol. The van der Waals surface area contributed by atoms with Crippen LogP contribution in [0.4, 0.5) is 5.69 Å². The van der Waals surface area contributed by atoms with Crippen LogP contribution < -0.4 is 16.0 Å². The number of hydrazine groups is 1. The van der Waals surface area contributed by atoms with Gasteiger partial charge in [0.2, 0.25) is 0 Å². The van der Waals surface area contributed by atoms with Crippen LogP contribution in [0.1, 0.15) is 56.6 Å². The van der Waals surface area contributed by atoms with Crippen LogP contribution in [0.5, 0.6) is 5.75 Å². The maximum absolute atomic E-state index is 8.20. The molecule has 3 aromatic rings. The summed E-state index contributed by atoms with van der Waals surface area (Å²) in [5, 5.41) is 9.32. The van der Waals surface area contributed by atoms with E-state index in [2.05, 4.69) is 45.2 Å². The third-order valence-electron chi connectivity index (χ3n) is 7.26. The Balaban J connectivity index is 1.40. The van der Waals surface area contributed by atoms with Crippen LogP contribution in [0.25, 0.3) is 22.2 Å². The normalized spacial score (nSPS) is 16.8. The second-order valence-corrected chi connectivity index (χ2v) is 9.37. The van der Waals surface area contributed by atoms with Gasteiger partial charge in [0.1, 0.15) is 5.75 Å². The average Bonchev–Trinajstić information content (AvgIpc) is 3.44. The topological polar surface area (TPSA) is 79.3 Å². The number of hydrogen-bond donors (Lipinski definition) is 3. The number of likely N-dealkylation sites (tertiary alicyclic amines) is 1. The molecular formula is C27H35N5O. The second-order valence-electron chi connectivity index (χ2n) is 9.37. The van der Waals surface area contributed by atoms with E-state index in [4.69, 9.17) is 16.0 Å². The van der Waals surface area contributed by atoms with E-state index in [-0.39, 0.29) is 0 Å². The number of unbranched alkanes of at least 4 members (excludes halogenated alkanes) is 1. The molecule has 2 aromatic carbocycles. The highest BCUT2D eigenvalue weighted by molar-refractivity contribution is 6.06. The van der Waals surface area contributed by atoms with Crippen LogP contribution in [0, 0.1) is 5.41 Å². The molecule has 4 N–H and O–H groups in total. The van der Waals surface area contributed by atoms with Gasteiger partial charge in [0.15, 0.2) is 0 Å². The van der Waals surface area contributed by atoms with Gasteiger partial charge in [0.05, 0.1) is 17.8 Å². The molecule has 5 rings (SSSR count). The van der Waals surface area contributed by atoms with E-state index in [0.29, 0.717) is 6.04 Å². The SMILES string of the molecule is N=Cc1c(-c2ccc(NN)cc2)n(C2CCC2)c2cc(OCCCCN3CCCC3)ccc12. The Hall–Kier alpha value is -2.83. The van der Waals surface area contributed by atoms with Gasteiger partial charge in [-0.1, -0.05) is 12.1 Å². The maximum atomic E-state index is 8.20. The van der Waals surface area contributed by atoms with E-state index in [1.54, 1.807) is 0 Å². The highest BCUT2D eigenvalue weighted by Crippen LogP contribution is 2.43. The van der Waals surface area contributed by atoms with Gasteiger partial charge in [-0.2, -0.15) is 0 Å². The fraction of sp³-hybridized carbons (Fsp3) is 0.444. The molecule has 0 bridgehead atoms. The number of fused-ring (bicyclic) bond motifs is 1. The van der Waals surface area contributed by atoms with E-state index in [9.17, 15) is 0 Å². The van der Waals surface area contributed by atoms with Gasteiger partial charge in [0, 0.05) is 35.0 Å². The van der Waals surface area contributed by atoms with Crippen molar-refractivity contribution in [3.63, 3.8) is 0 Å². The number of nitrogen functional groups attached to an aromatic ring is 1. The monoisotopic (exact) mass is 445 g/mol. The van der Waals surface area contributed by atoms with Crippen molar-refractivity contribution in [3.05, 3.63) is 48.0 Å². The molecule has 2 fully saturated rings. The third kappa shape index (κ3) is 4.50. The molecule has 0 radical (unpaired) electrons. The van der Waals surface area contributed by atoms with Crippen molar-refractivity contribution in [2.75, 3.05) is 31.7 Å². The fourth-order valence-electron chi connectivity index (χ4n) is 5.23. The van der Waals surface area contributed by atoms with Gasteiger partial charge in [-0.15, -0.1) is 0 Å². The molecule has 2 aliphatic rings. The lowest BCUT2D eigenvalue weighted by atomic mass is 9.92. The van der Waals surface area contributed by atoms with E-state index in [1.807, 2.05) is 12.1 Å². The van der Waals surface area contributed by atoms with Gasteiger partial charge < -0.3 is 25.0 Å². The number of aromatic nitrogens is 1. The Kier molecular flexibility index (Phi) is 6.65. The standard InChI is InChI=1S/C27H35N5O/c28-19-25-24-13-12-23(33-17-4-3-16-31-14-1-2-15-31)18-26(24)32(22-6-5-7-22)27(25)20-8-10-21(30-29)11-9-20/h8-13,18-19,22,28,30H,1-7,14-17,29H2. The molecule has 1 aliphatic carbocycles. The summed E-state index contributed by atoms with van der Waals surface area (Å²) in [7, 11) is 0. The quantitative estimate of drug-likeness (QED) is 0.165. The molecule has 2 heterocycles. The van der Waals surface area contributed by atoms with Gasteiger partial charge in [0.25, 0.3) is 0 Å². The minimum atomic E-state index is 0.472. The van der Waals surface area contributed by atoms with Gasteiger partial charge in [-0.3, -0.25) is 5.84 Å². The lowest BCUT2D eigenvalue weighted by molar-refractivity contribution is 0.279. The van der Waals surface area contributed by atoms with Crippen molar-refractivity contribution < 1.29 is 4.74 Å². The van der Waals surface area contributed by atoms with E-state index in [1.165, 1.54) is 69.9 Å². The summed E-state index contributed by atoms with van der Waals surface area (Å²) in [6.07, 6.45) is 10.1. The fourth-order valence-corrected chi connectivity index (χ4v) is 5.23. The highest BCUT2D eigenvalue weighted by atomic mass is 16.5. The Labute approximate surface area is 196 Å². The van der Waals surface area contributed by atoms with E-state index in [0.717, 1.165) is 46.7 Å². The second kappa shape index (κ2) is 9.98. The molecule has 6 heteroatoms. The summed E-state index contributed by atoms with van der Waals surface area (Å²) >= 11 is 0. The zero-order valence-electron chi connectivity index (χ0n) is 19.4. The number of nitrogens with two attached hydrogens (primary N) is 1. The summed E-state index contributed by atoms with van der Waals surface area (Å²) in [5.74, 6) is 6.49. The van der Waals surface area contributed by atoms with Gasteiger partial charge >= 0.3 is 0 Å². The zero-order valence-corrected chi connectivity index (χ0v) is 19.4. The molecule has 33 heavy (non-hydrogen) atoms. The van der Waals surface area contributed by atoms with Crippen molar-refractivity contribution >= 4 is 22.8 Å². The summed E-state index contributed by atoms with van der Waals surface area (Å²) < 4.78 is 8.62. The molecule has 6 nitrogen and oxygen atoms in total. The molecule has 1 aliphatic heterocycles. The van der Waals surface area contributed by atoms with Gasteiger partial charge in [-0.25, -0.2) is 0 Å². The first-order valence-corrected chi connectivity index (χ1v) is 12.4. The number of rotatable bonds is 10. The van der Waals surface area contributed by atoms with Crippen molar-refractivity contribution in [1.29, 1.82) is 5.41 Å². The molecule has 0 spiro atoms. The molecule has 1 saturated heterocycles. The molecule has 0 amide bonds. The first kappa shape index (κ1) is 22.0. The largest absolute Gasteiger partial charge is 0.494 e. The zero-order chi connectivity index (χ0) is 22.6. The Bertz CT molecular complexity index is 1090. The first-order valence-electron chi connectivity index (χ1n) is 12.4. The van der Waals surface area contributed by atoms with Gasteiger partial charge in [-0.05, 0) is 94.4 Å². The number of benzene rings is 2. The first-order chi connectivity index (χ1) is 16.3. The molecular weight excluding hydrogens is 410 g/mol. The highest BCUT2D eigenvalue weighted by Gasteiger charge is 2.27. The Morgan fingerprint density at radius 2 is 1.82 bits per heavy atom. The smallest absolute Gasteiger partial charge is 0.121 e. The molecule has 0 atom stereocenters. The summed E-state index contributed by atoms with van der Waals surface area (Å²) in [6, 6.07) is 15.0. The maximum Gasteiger partial charge on any atom is 0.121 e. The number of anilines is 1. The summed E-state index contributed by atoms with van der Waals surface area (Å²) in [4.78, 5) is 2.56. The Morgan fingerprint density at radius 1 is 1.03 bits per heavy atom. The lowest BCUT2D eigenvalue weighted by Crippen LogP contribution is -2.20. The van der Waals surface area contributed by atoms with Crippen molar-refractivity contribution in [2.24, 2.45) is 5.84 Å². The van der Waals surface area contributed by atoms with Crippen molar-refractivity contribution in [1.82, 2.24) is 9.47 Å². The van der Waals surface area contributed by atoms with Crippen molar-refractivity contribution in [2.45, 2.75) is 51.0 Å². The van der Waals surface area contributed by atoms with Crippen LogP contribution in [0.3, 0.4) is 0 Å². The Morgan fingerprint density at radius 3 is 2.48 bits per heavy atom. The summed E-state index contributed by atoms with van der Waals surface area (Å²) in [6.45, 7) is 4.47. The molecule has 1 aromatic heterocycles. The van der Waals surface area contributed by atoms with E-state index < -0.39 is 0 Å².